The van der Waals surface area contributed by atoms with E-state index in [1.807, 2.05) is 0 Å². The summed E-state index contributed by atoms with van der Waals surface area (Å²) in [5, 5.41) is 0. The van der Waals surface area contributed by atoms with Crippen LogP contribution in [0.2, 0.25) is 0 Å². The van der Waals surface area contributed by atoms with Crippen LogP contribution < -0.4 is 0 Å². The van der Waals surface area contributed by atoms with Crippen molar-refractivity contribution in [3.8, 4) is 0 Å². The molecule has 0 radical (unpaired) electrons. The lowest BCUT2D eigenvalue weighted by molar-refractivity contribution is -0.187. The van der Waals surface area contributed by atoms with Crippen LogP contribution in [-0.4, -0.2) is 41.0 Å². The maximum atomic E-state index is 5.77. The normalized spacial score (nSPS) is 14.9. The van der Waals surface area contributed by atoms with Crippen molar-refractivity contribution in [1.29, 1.82) is 0 Å². The van der Waals surface area contributed by atoms with Crippen LogP contribution >= 0.6 is 0 Å². The van der Waals surface area contributed by atoms with E-state index in [1.54, 1.807) is 28.4 Å². The van der Waals surface area contributed by atoms with E-state index in [9.17, 15) is 0 Å². The molecule has 0 aromatic carbocycles. The number of methoxy groups -OCH3 is 4. The van der Waals surface area contributed by atoms with Crippen LogP contribution in [0.4, 0.5) is 0 Å². The van der Waals surface area contributed by atoms with Gasteiger partial charge >= 0.3 is 0 Å². The summed E-state index contributed by atoms with van der Waals surface area (Å²) in [4.78, 5) is 0. The highest BCUT2D eigenvalue weighted by molar-refractivity contribution is 4.79. The third-order valence-corrected chi connectivity index (χ3v) is 7.26. The Kier molecular flexibility index (Phi) is 22.5. The molecular weight excluding hydrogens is 400 g/mol. The summed E-state index contributed by atoms with van der Waals surface area (Å²) >= 11 is 0. The minimum absolute atomic E-state index is 0.170. The van der Waals surface area contributed by atoms with E-state index in [4.69, 9.17) is 18.9 Å². The summed E-state index contributed by atoms with van der Waals surface area (Å²) in [7, 11) is 7.09. The van der Waals surface area contributed by atoms with Gasteiger partial charge in [-0.15, -0.1) is 0 Å². The lowest BCUT2D eigenvalue weighted by Crippen LogP contribution is -2.39. The minimum Gasteiger partial charge on any atom is -0.356 e. The molecule has 4 nitrogen and oxygen atoms in total. The molecule has 0 aliphatic carbocycles. The first-order valence-electron chi connectivity index (χ1n) is 13.7. The van der Waals surface area contributed by atoms with Crippen LogP contribution in [0.15, 0.2) is 0 Å². The molecule has 4 heteroatoms. The fourth-order valence-corrected chi connectivity index (χ4v) is 5.18. The zero-order valence-electron chi connectivity index (χ0n) is 22.8. The lowest BCUT2D eigenvalue weighted by atomic mass is 9.77. The standard InChI is InChI=1S/C28H58O4/c1-8-10-12-14-16-18-20-22-25(27(29-4)30-5)24(3)26(28(31-6)32-7)23-21-19-17-15-13-11-9-2/h24-28H,8-23H2,1-7H3. The Hall–Kier alpha value is -0.160. The Morgan fingerprint density at radius 3 is 1.00 bits per heavy atom. The van der Waals surface area contributed by atoms with Crippen LogP contribution in [-0.2, 0) is 18.9 Å². The SMILES string of the molecule is CCCCCCCCCC(C(OC)OC)C(C)C(CCCCCCCCC)C(OC)OC. The molecule has 0 aliphatic heterocycles. The van der Waals surface area contributed by atoms with Crippen LogP contribution in [0.25, 0.3) is 0 Å². The van der Waals surface area contributed by atoms with Gasteiger partial charge in [-0.05, 0) is 18.8 Å². The van der Waals surface area contributed by atoms with Gasteiger partial charge in [-0.1, -0.05) is 111 Å². The summed E-state index contributed by atoms with van der Waals surface area (Å²) < 4.78 is 23.1. The molecule has 0 rings (SSSR count). The van der Waals surface area contributed by atoms with Crippen LogP contribution in [0.1, 0.15) is 124 Å². The fourth-order valence-electron chi connectivity index (χ4n) is 5.18. The number of unbranched alkanes of at least 4 members (excludes halogenated alkanes) is 12. The number of rotatable bonds is 24. The van der Waals surface area contributed by atoms with Crippen LogP contribution in [0.3, 0.4) is 0 Å². The smallest absolute Gasteiger partial charge is 0.159 e. The molecule has 0 aliphatic rings. The predicted octanol–water partition coefficient (Wildman–Crippen LogP) is 8.37. The van der Waals surface area contributed by atoms with Gasteiger partial charge in [0.05, 0.1) is 0 Å². The van der Waals surface area contributed by atoms with E-state index in [-0.39, 0.29) is 12.6 Å². The summed E-state index contributed by atoms with van der Waals surface area (Å²) in [6, 6.07) is 0. The third-order valence-electron chi connectivity index (χ3n) is 7.26. The van der Waals surface area contributed by atoms with Crippen molar-refractivity contribution in [2.24, 2.45) is 17.8 Å². The zero-order chi connectivity index (χ0) is 24.0. The molecule has 0 aromatic heterocycles. The summed E-state index contributed by atoms with van der Waals surface area (Å²) in [6.07, 6.45) is 20.5. The average molecular weight is 459 g/mol. The quantitative estimate of drug-likeness (QED) is 0.107. The van der Waals surface area contributed by atoms with Gasteiger partial charge in [0, 0.05) is 40.3 Å². The molecule has 194 valence electrons. The molecule has 0 saturated heterocycles. The second-order valence-electron chi connectivity index (χ2n) is 9.69. The monoisotopic (exact) mass is 458 g/mol. The molecule has 0 amide bonds. The third kappa shape index (κ3) is 14.2. The van der Waals surface area contributed by atoms with Crippen molar-refractivity contribution >= 4 is 0 Å². The van der Waals surface area contributed by atoms with E-state index in [0.29, 0.717) is 17.8 Å². The molecular formula is C28H58O4. The van der Waals surface area contributed by atoms with Crippen molar-refractivity contribution in [1.82, 2.24) is 0 Å². The van der Waals surface area contributed by atoms with Crippen LogP contribution in [0, 0.1) is 17.8 Å². The summed E-state index contributed by atoms with van der Waals surface area (Å²) in [6.45, 7) is 6.91. The van der Waals surface area contributed by atoms with Crippen molar-refractivity contribution in [3.63, 3.8) is 0 Å². The lowest BCUT2D eigenvalue weighted by Gasteiger charge is -2.37. The van der Waals surface area contributed by atoms with E-state index in [2.05, 4.69) is 20.8 Å². The van der Waals surface area contributed by atoms with Gasteiger partial charge in [0.1, 0.15) is 0 Å². The van der Waals surface area contributed by atoms with Gasteiger partial charge in [-0.3, -0.25) is 0 Å². The molecule has 0 aromatic rings. The number of hydrogen-bond donors (Lipinski definition) is 0. The second-order valence-corrected chi connectivity index (χ2v) is 9.69. The molecule has 32 heavy (non-hydrogen) atoms. The van der Waals surface area contributed by atoms with Gasteiger partial charge in [0.25, 0.3) is 0 Å². The largest absolute Gasteiger partial charge is 0.356 e. The topological polar surface area (TPSA) is 36.9 Å². The number of ether oxygens (including phenoxy) is 4. The highest BCUT2D eigenvalue weighted by atomic mass is 16.7. The predicted molar refractivity (Wildman–Crippen MR) is 137 cm³/mol. The van der Waals surface area contributed by atoms with Crippen molar-refractivity contribution in [2.45, 2.75) is 136 Å². The molecule has 0 bridgehead atoms. The van der Waals surface area contributed by atoms with Crippen LogP contribution in [0.5, 0.6) is 0 Å². The molecule has 0 saturated carbocycles. The molecule has 2 atom stereocenters. The number of hydrogen-bond acceptors (Lipinski definition) is 4. The summed E-state index contributed by atoms with van der Waals surface area (Å²) in [5.41, 5.74) is 0. The molecule has 0 fully saturated rings. The Morgan fingerprint density at radius 1 is 0.438 bits per heavy atom. The molecule has 0 heterocycles. The molecule has 0 spiro atoms. The van der Waals surface area contributed by atoms with Gasteiger partial charge in [0.15, 0.2) is 12.6 Å². The van der Waals surface area contributed by atoms with Crippen molar-refractivity contribution in [3.05, 3.63) is 0 Å². The van der Waals surface area contributed by atoms with Crippen molar-refractivity contribution < 1.29 is 18.9 Å². The minimum atomic E-state index is -0.170. The Labute approximate surface area is 201 Å². The molecule has 2 unspecified atom stereocenters. The molecule has 0 N–H and O–H groups in total. The van der Waals surface area contributed by atoms with Gasteiger partial charge < -0.3 is 18.9 Å². The first-order valence-corrected chi connectivity index (χ1v) is 13.7. The maximum Gasteiger partial charge on any atom is 0.159 e. The second kappa shape index (κ2) is 22.6. The average Bonchev–Trinajstić information content (AvgIpc) is 2.81. The van der Waals surface area contributed by atoms with Crippen molar-refractivity contribution in [2.75, 3.05) is 28.4 Å². The van der Waals surface area contributed by atoms with E-state index in [1.165, 1.54) is 89.9 Å². The Balaban J connectivity index is 4.88. The summed E-state index contributed by atoms with van der Waals surface area (Å²) in [5.74, 6) is 1.11. The first-order chi connectivity index (χ1) is 15.6. The fraction of sp³-hybridized carbons (Fsp3) is 1.00. The maximum absolute atomic E-state index is 5.77. The Morgan fingerprint density at radius 2 is 0.719 bits per heavy atom. The van der Waals surface area contributed by atoms with Gasteiger partial charge in [-0.2, -0.15) is 0 Å². The zero-order valence-corrected chi connectivity index (χ0v) is 22.8. The van der Waals surface area contributed by atoms with E-state index in [0.717, 1.165) is 12.8 Å². The van der Waals surface area contributed by atoms with E-state index < -0.39 is 0 Å². The van der Waals surface area contributed by atoms with Gasteiger partial charge in [-0.25, -0.2) is 0 Å². The Bertz CT molecular complexity index is 334. The van der Waals surface area contributed by atoms with Gasteiger partial charge in [0.2, 0.25) is 0 Å². The van der Waals surface area contributed by atoms with E-state index >= 15 is 0 Å². The highest BCUT2D eigenvalue weighted by Gasteiger charge is 2.36. The first kappa shape index (κ1) is 31.8. The highest BCUT2D eigenvalue weighted by Crippen LogP contribution is 2.36.